The van der Waals surface area contributed by atoms with E-state index in [1.165, 1.54) is 16.7 Å². The molecule has 1 amide bonds. The largest absolute Gasteiger partial charge is 0.270 e. The Morgan fingerprint density at radius 3 is 2.62 bits per heavy atom. The number of aryl methyl sites for hydroxylation is 1. The lowest BCUT2D eigenvalue weighted by Gasteiger charge is -2.15. The van der Waals surface area contributed by atoms with Gasteiger partial charge in [-0.25, -0.2) is 0 Å². The second kappa shape index (κ2) is 7.34. The molecule has 0 unspecified atom stereocenters. The van der Waals surface area contributed by atoms with Crippen LogP contribution in [0.5, 0.6) is 0 Å². The molecule has 0 atom stereocenters. The molecule has 0 saturated carbocycles. The van der Waals surface area contributed by atoms with Crippen LogP contribution in [-0.2, 0) is 4.79 Å². The van der Waals surface area contributed by atoms with Crippen molar-refractivity contribution in [2.75, 3.05) is 4.90 Å². The fourth-order valence-corrected chi connectivity index (χ4v) is 3.66. The minimum atomic E-state index is -0.123. The van der Waals surface area contributed by atoms with Gasteiger partial charge < -0.3 is 0 Å². The zero-order valence-electron chi connectivity index (χ0n) is 12.9. The van der Waals surface area contributed by atoms with Crippen LogP contribution < -0.4 is 4.90 Å². The average Bonchev–Trinajstić information content (AvgIpc) is 2.85. The summed E-state index contributed by atoms with van der Waals surface area (Å²) in [5, 5.41) is 0.620. The molecule has 1 heterocycles. The van der Waals surface area contributed by atoms with Crippen molar-refractivity contribution >= 4 is 57.6 Å². The first-order valence-corrected chi connectivity index (χ1v) is 8.92. The van der Waals surface area contributed by atoms with E-state index in [0.29, 0.717) is 19.9 Å². The second-order valence-electron chi connectivity index (χ2n) is 5.24. The summed E-state index contributed by atoms with van der Waals surface area (Å²) in [5.74, 6) is -0.123. The summed E-state index contributed by atoms with van der Waals surface area (Å²) in [6.07, 6.45) is 5.61. The standard InChI is InChI=1S/C19H14ClNOS2/c1-13-10-11-15(12-16(13)20)21-18(22)17(24-19(21)23)9-5-8-14-6-3-2-4-7-14/h2-12H,1H3/b8-5+,17-9-. The molecule has 1 fully saturated rings. The number of carbonyl (C=O) groups is 1. The number of anilines is 1. The van der Waals surface area contributed by atoms with Gasteiger partial charge in [-0.1, -0.05) is 84.1 Å². The van der Waals surface area contributed by atoms with E-state index in [1.807, 2.05) is 61.5 Å². The normalized spacial score (nSPS) is 16.6. The van der Waals surface area contributed by atoms with Gasteiger partial charge in [0.25, 0.3) is 5.91 Å². The molecule has 1 aliphatic heterocycles. The zero-order valence-corrected chi connectivity index (χ0v) is 15.3. The van der Waals surface area contributed by atoms with Crippen LogP contribution in [0.25, 0.3) is 6.08 Å². The third-order valence-electron chi connectivity index (χ3n) is 3.54. The van der Waals surface area contributed by atoms with E-state index in [-0.39, 0.29) is 5.91 Å². The molecule has 0 radical (unpaired) electrons. The monoisotopic (exact) mass is 371 g/mol. The third-order valence-corrected chi connectivity index (χ3v) is 5.27. The van der Waals surface area contributed by atoms with E-state index in [9.17, 15) is 4.79 Å². The number of halogens is 1. The maximum Gasteiger partial charge on any atom is 0.270 e. The molecule has 3 rings (SSSR count). The Labute approximate surface area is 155 Å². The number of amides is 1. The molecule has 24 heavy (non-hydrogen) atoms. The minimum absolute atomic E-state index is 0.123. The second-order valence-corrected chi connectivity index (χ2v) is 7.33. The molecule has 1 saturated heterocycles. The number of rotatable bonds is 3. The van der Waals surface area contributed by atoms with Gasteiger partial charge in [-0.2, -0.15) is 0 Å². The first-order chi connectivity index (χ1) is 11.6. The Balaban J connectivity index is 1.82. The van der Waals surface area contributed by atoms with Gasteiger partial charge in [0.2, 0.25) is 0 Å². The quantitative estimate of drug-likeness (QED) is 0.516. The Morgan fingerprint density at radius 1 is 1.17 bits per heavy atom. The number of hydrogen-bond acceptors (Lipinski definition) is 3. The fraction of sp³-hybridized carbons (Fsp3) is 0.0526. The van der Waals surface area contributed by atoms with Crippen LogP contribution in [0.4, 0.5) is 5.69 Å². The maximum atomic E-state index is 12.6. The van der Waals surface area contributed by atoms with Gasteiger partial charge in [0.15, 0.2) is 4.32 Å². The van der Waals surface area contributed by atoms with Crippen molar-refractivity contribution in [1.29, 1.82) is 0 Å². The minimum Gasteiger partial charge on any atom is -0.268 e. The molecule has 120 valence electrons. The number of benzene rings is 2. The van der Waals surface area contributed by atoms with Crippen LogP contribution >= 0.6 is 35.6 Å². The topological polar surface area (TPSA) is 20.3 Å². The molecule has 2 aromatic rings. The highest BCUT2D eigenvalue weighted by atomic mass is 35.5. The number of thiocarbonyl (C=S) groups is 1. The zero-order chi connectivity index (χ0) is 17.1. The van der Waals surface area contributed by atoms with Crippen molar-refractivity contribution in [1.82, 2.24) is 0 Å². The molecule has 0 aromatic heterocycles. The molecule has 0 N–H and O–H groups in total. The van der Waals surface area contributed by atoms with Crippen molar-refractivity contribution in [2.45, 2.75) is 6.92 Å². The van der Waals surface area contributed by atoms with Crippen molar-refractivity contribution in [3.63, 3.8) is 0 Å². The summed E-state index contributed by atoms with van der Waals surface area (Å²) < 4.78 is 0.513. The van der Waals surface area contributed by atoms with Gasteiger partial charge in [-0.15, -0.1) is 0 Å². The van der Waals surface area contributed by atoms with Gasteiger partial charge in [0, 0.05) is 5.02 Å². The van der Waals surface area contributed by atoms with E-state index in [1.54, 1.807) is 12.1 Å². The summed E-state index contributed by atoms with van der Waals surface area (Å²) >= 11 is 12.8. The van der Waals surface area contributed by atoms with Gasteiger partial charge in [-0.05, 0) is 36.3 Å². The lowest BCUT2D eigenvalue weighted by atomic mass is 10.2. The van der Waals surface area contributed by atoms with E-state index >= 15 is 0 Å². The molecule has 0 bridgehead atoms. The Bertz CT molecular complexity index is 859. The van der Waals surface area contributed by atoms with Gasteiger partial charge >= 0.3 is 0 Å². The van der Waals surface area contributed by atoms with Crippen molar-refractivity contribution in [3.8, 4) is 0 Å². The highest BCUT2D eigenvalue weighted by molar-refractivity contribution is 8.27. The average molecular weight is 372 g/mol. The Morgan fingerprint density at radius 2 is 1.92 bits per heavy atom. The molecule has 0 spiro atoms. The molecule has 1 aliphatic rings. The number of carbonyl (C=O) groups excluding carboxylic acids is 1. The predicted octanol–water partition coefficient (Wildman–Crippen LogP) is 5.61. The smallest absolute Gasteiger partial charge is 0.268 e. The number of thioether (sulfide) groups is 1. The SMILES string of the molecule is Cc1ccc(N2C(=O)/C(=C/C=C/c3ccccc3)SC2=S)cc1Cl. The number of allylic oxidation sites excluding steroid dienone is 2. The van der Waals surface area contributed by atoms with Crippen molar-refractivity contribution in [2.24, 2.45) is 0 Å². The van der Waals surface area contributed by atoms with E-state index in [0.717, 1.165) is 11.1 Å². The van der Waals surface area contributed by atoms with Crippen LogP contribution in [0.15, 0.2) is 65.6 Å². The van der Waals surface area contributed by atoms with E-state index in [4.69, 9.17) is 23.8 Å². The maximum absolute atomic E-state index is 12.6. The molecule has 5 heteroatoms. The molecule has 2 aromatic carbocycles. The Hall–Kier alpha value is -1.88. The predicted molar refractivity (Wildman–Crippen MR) is 107 cm³/mol. The lowest BCUT2D eigenvalue weighted by molar-refractivity contribution is -0.113. The number of hydrogen-bond donors (Lipinski definition) is 0. The third kappa shape index (κ3) is 3.61. The van der Waals surface area contributed by atoms with Crippen molar-refractivity contribution < 1.29 is 4.79 Å². The van der Waals surface area contributed by atoms with Crippen LogP contribution in [0.3, 0.4) is 0 Å². The molecule has 0 aliphatic carbocycles. The fourth-order valence-electron chi connectivity index (χ4n) is 2.24. The van der Waals surface area contributed by atoms with Crippen LogP contribution in [0.2, 0.25) is 5.02 Å². The van der Waals surface area contributed by atoms with E-state index < -0.39 is 0 Å². The van der Waals surface area contributed by atoms with Crippen molar-refractivity contribution in [3.05, 3.63) is 81.7 Å². The number of nitrogens with zero attached hydrogens (tertiary/aromatic N) is 1. The first-order valence-electron chi connectivity index (χ1n) is 7.32. The van der Waals surface area contributed by atoms with E-state index in [2.05, 4.69) is 0 Å². The summed E-state index contributed by atoms with van der Waals surface area (Å²) in [4.78, 5) is 14.7. The molecular weight excluding hydrogens is 358 g/mol. The summed E-state index contributed by atoms with van der Waals surface area (Å²) in [5.41, 5.74) is 2.74. The summed E-state index contributed by atoms with van der Waals surface area (Å²) in [7, 11) is 0. The highest BCUT2D eigenvalue weighted by Gasteiger charge is 2.33. The summed E-state index contributed by atoms with van der Waals surface area (Å²) in [6.45, 7) is 1.92. The molecular formula is C19H14ClNOS2. The summed E-state index contributed by atoms with van der Waals surface area (Å²) in [6, 6.07) is 15.4. The van der Waals surface area contributed by atoms with Gasteiger partial charge in [-0.3, -0.25) is 9.69 Å². The van der Waals surface area contributed by atoms with Gasteiger partial charge in [0.1, 0.15) is 0 Å². The van der Waals surface area contributed by atoms with Crippen LogP contribution in [-0.4, -0.2) is 10.2 Å². The molecule has 2 nitrogen and oxygen atoms in total. The van der Waals surface area contributed by atoms with Crippen LogP contribution in [0, 0.1) is 6.92 Å². The van der Waals surface area contributed by atoms with Gasteiger partial charge in [0.05, 0.1) is 10.6 Å². The highest BCUT2D eigenvalue weighted by Crippen LogP contribution is 2.36. The lowest BCUT2D eigenvalue weighted by Crippen LogP contribution is -2.27. The Kier molecular flexibility index (Phi) is 5.19. The van der Waals surface area contributed by atoms with Crippen LogP contribution in [0.1, 0.15) is 11.1 Å². The first kappa shape index (κ1) is 17.0.